The number of nitrogens with one attached hydrogen (secondary N) is 1. The summed E-state index contributed by atoms with van der Waals surface area (Å²) in [4.78, 5) is 23.4. The van der Waals surface area contributed by atoms with Gasteiger partial charge in [0.1, 0.15) is 5.75 Å². The first kappa shape index (κ1) is 20.1. The van der Waals surface area contributed by atoms with Crippen LogP contribution in [0.2, 0.25) is 0 Å². The molecule has 1 aromatic carbocycles. The van der Waals surface area contributed by atoms with E-state index in [0.29, 0.717) is 18.4 Å². The molecule has 2 unspecified atom stereocenters. The molecular formula is C22H30N4O2. The standard InChI is InChI=1S/C22H30N4O2/c1-15(2)20-9-8-19(13-16(20)3)28-17(4)21(27)25-18-7-5-12-26(14-18)22-23-10-6-11-24-22/h6,8-11,13,15,17-18H,5,7,12,14H2,1-4H3,(H,25,27). The third-order valence-electron chi connectivity index (χ3n) is 5.15. The van der Waals surface area contributed by atoms with Crippen LogP contribution in [-0.2, 0) is 4.79 Å². The Morgan fingerprint density at radius 2 is 2.00 bits per heavy atom. The first-order valence-corrected chi connectivity index (χ1v) is 10.0. The molecule has 1 aliphatic heterocycles. The lowest BCUT2D eigenvalue weighted by atomic mass is 9.98. The molecule has 2 aromatic rings. The number of piperidine rings is 1. The highest BCUT2D eigenvalue weighted by atomic mass is 16.5. The second-order valence-corrected chi connectivity index (χ2v) is 7.78. The monoisotopic (exact) mass is 382 g/mol. The minimum absolute atomic E-state index is 0.0705. The van der Waals surface area contributed by atoms with Gasteiger partial charge in [0.05, 0.1) is 0 Å². The van der Waals surface area contributed by atoms with E-state index in [4.69, 9.17) is 4.74 Å². The van der Waals surface area contributed by atoms with Gasteiger partial charge in [0.15, 0.2) is 6.10 Å². The molecule has 1 aromatic heterocycles. The second-order valence-electron chi connectivity index (χ2n) is 7.78. The molecule has 6 nitrogen and oxygen atoms in total. The van der Waals surface area contributed by atoms with Crippen molar-refractivity contribution in [3.8, 4) is 5.75 Å². The number of hydrogen-bond donors (Lipinski definition) is 1. The molecule has 1 amide bonds. The lowest BCUT2D eigenvalue weighted by molar-refractivity contribution is -0.128. The average molecular weight is 383 g/mol. The second kappa shape index (κ2) is 9.04. The van der Waals surface area contributed by atoms with Gasteiger partial charge in [-0.3, -0.25) is 4.79 Å². The summed E-state index contributed by atoms with van der Waals surface area (Å²) in [5, 5.41) is 3.12. The zero-order valence-corrected chi connectivity index (χ0v) is 17.2. The zero-order chi connectivity index (χ0) is 20.1. The van der Waals surface area contributed by atoms with Gasteiger partial charge in [0.2, 0.25) is 5.95 Å². The summed E-state index contributed by atoms with van der Waals surface area (Å²) in [6.45, 7) is 9.84. The molecule has 0 spiro atoms. The fraction of sp³-hybridized carbons (Fsp3) is 0.500. The van der Waals surface area contributed by atoms with Crippen LogP contribution < -0.4 is 15.0 Å². The van der Waals surface area contributed by atoms with Crippen LogP contribution in [0.4, 0.5) is 5.95 Å². The van der Waals surface area contributed by atoms with E-state index in [1.807, 2.05) is 12.1 Å². The Labute approximate surface area is 167 Å². The van der Waals surface area contributed by atoms with Gasteiger partial charge in [-0.2, -0.15) is 0 Å². The molecule has 2 atom stereocenters. The quantitative estimate of drug-likeness (QED) is 0.829. The van der Waals surface area contributed by atoms with Crippen molar-refractivity contribution in [1.82, 2.24) is 15.3 Å². The van der Waals surface area contributed by atoms with E-state index in [9.17, 15) is 4.79 Å². The van der Waals surface area contributed by atoms with Crippen LogP contribution in [-0.4, -0.2) is 41.1 Å². The molecule has 1 aliphatic rings. The van der Waals surface area contributed by atoms with Crippen LogP contribution >= 0.6 is 0 Å². The molecule has 0 aliphatic carbocycles. The molecule has 1 fully saturated rings. The zero-order valence-electron chi connectivity index (χ0n) is 17.2. The van der Waals surface area contributed by atoms with E-state index < -0.39 is 6.10 Å². The van der Waals surface area contributed by atoms with E-state index in [1.165, 1.54) is 11.1 Å². The minimum atomic E-state index is -0.548. The van der Waals surface area contributed by atoms with Gasteiger partial charge in [-0.05, 0) is 61.9 Å². The Morgan fingerprint density at radius 3 is 2.68 bits per heavy atom. The van der Waals surface area contributed by atoms with Gasteiger partial charge in [0.25, 0.3) is 5.91 Å². The van der Waals surface area contributed by atoms with Gasteiger partial charge in [-0.1, -0.05) is 19.9 Å². The molecule has 6 heteroatoms. The number of ether oxygens (including phenoxy) is 1. The van der Waals surface area contributed by atoms with E-state index in [1.54, 1.807) is 25.4 Å². The molecule has 2 heterocycles. The van der Waals surface area contributed by atoms with Gasteiger partial charge in [-0.15, -0.1) is 0 Å². The Morgan fingerprint density at radius 1 is 1.25 bits per heavy atom. The molecule has 1 saturated heterocycles. The first-order chi connectivity index (χ1) is 13.4. The predicted octanol–water partition coefficient (Wildman–Crippen LogP) is 3.46. The normalized spacial score (nSPS) is 18.0. The van der Waals surface area contributed by atoms with E-state index in [2.05, 4.69) is 47.0 Å². The highest BCUT2D eigenvalue weighted by Gasteiger charge is 2.25. The Bertz CT molecular complexity index is 794. The molecule has 0 bridgehead atoms. The predicted molar refractivity (Wildman–Crippen MR) is 111 cm³/mol. The Hall–Kier alpha value is -2.63. The molecular weight excluding hydrogens is 352 g/mol. The van der Waals surface area contributed by atoms with Crippen molar-refractivity contribution in [2.75, 3.05) is 18.0 Å². The van der Waals surface area contributed by atoms with Crippen molar-refractivity contribution in [3.63, 3.8) is 0 Å². The van der Waals surface area contributed by atoms with E-state index >= 15 is 0 Å². The summed E-state index contributed by atoms with van der Waals surface area (Å²) < 4.78 is 5.89. The van der Waals surface area contributed by atoms with Crippen molar-refractivity contribution >= 4 is 11.9 Å². The number of aromatic nitrogens is 2. The SMILES string of the molecule is Cc1cc(OC(C)C(=O)NC2CCCN(c3ncccn3)C2)ccc1C(C)C. The third kappa shape index (κ3) is 5.00. The van der Waals surface area contributed by atoms with Gasteiger partial charge >= 0.3 is 0 Å². The van der Waals surface area contributed by atoms with Crippen LogP contribution in [0.1, 0.15) is 50.7 Å². The summed E-state index contributed by atoms with van der Waals surface area (Å²) in [5.41, 5.74) is 2.49. The fourth-order valence-corrected chi connectivity index (χ4v) is 3.68. The number of rotatable bonds is 6. The summed E-state index contributed by atoms with van der Waals surface area (Å²) in [7, 11) is 0. The number of carbonyl (C=O) groups is 1. The molecule has 0 saturated carbocycles. The van der Waals surface area contributed by atoms with Crippen molar-refractivity contribution < 1.29 is 9.53 Å². The minimum Gasteiger partial charge on any atom is -0.481 e. The van der Waals surface area contributed by atoms with Crippen molar-refractivity contribution in [3.05, 3.63) is 47.8 Å². The fourth-order valence-electron chi connectivity index (χ4n) is 3.68. The highest BCUT2D eigenvalue weighted by molar-refractivity contribution is 5.81. The summed E-state index contributed by atoms with van der Waals surface area (Å²) in [6, 6.07) is 7.91. The number of aryl methyl sites for hydroxylation is 1. The molecule has 150 valence electrons. The van der Waals surface area contributed by atoms with Crippen molar-refractivity contribution in [1.29, 1.82) is 0 Å². The number of carbonyl (C=O) groups excluding carboxylic acids is 1. The molecule has 28 heavy (non-hydrogen) atoms. The third-order valence-corrected chi connectivity index (χ3v) is 5.15. The number of benzene rings is 1. The Balaban J connectivity index is 1.56. The molecule has 1 N–H and O–H groups in total. The lowest BCUT2D eigenvalue weighted by Gasteiger charge is -2.33. The number of nitrogens with zero attached hydrogens (tertiary/aromatic N) is 3. The lowest BCUT2D eigenvalue weighted by Crippen LogP contribution is -2.51. The number of amides is 1. The van der Waals surface area contributed by atoms with Crippen molar-refractivity contribution in [2.45, 2.75) is 58.6 Å². The van der Waals surface area contributed by atoms with Crippen LogP contribution in [0.15, 0.2) is 36.7 Å². The van der Waals surface area contributed by atoms with Gasteiger partial charge in [0, 0.05) is 31.5 Å². The summed E-state index contributed by atoms with van der Waals surface area (Å²) in [5.74, 6) is 1.82. The first-order valence-electron chi connectivity index (χ1n) is 10.0. The average Bonchev–Trinajstić information content (AvgIpc) is 2.68. The number of hydrogen-bond acceptors (Lipinski definition) is 5. The van der Waals surface area contributed by atoms with Crippen LogP contribution in [0.3, 0.4) is 0 Å². The molecule has 3 rings (SSSR count). The highest BCUT2D eigenvalue weighted by Crippen LogP contribution is 2.24. The Kier molecular flexibility index (Phi) is 6.49. The molecule has 0 radical (unpaired) electrons. The maximum Gasteiger partial charge on any atom is 0.261 e. The summed E-state index contributed by atoms with van der Waals surface area (Å²) in [6.07, 6.45) is 4.88. The largest absolute Gasteiger partial charge is 0.481 e. The van der Waals surface area contributed by atoms with Gasteiger partial charge in [-0.25, -0.2) is 9.97 Å². The van der Waals surface area contributed by atoms with Crippen LogP contribution in [0.5, 0.6) is 5.75 Å². The van der Waals surface area contributed by atoms with Gasteiger partial charge < -0.3 is 15.0 Å². The maximum absolute atomic E-state index is 12.6. The topological polar surface area (TPSA) is 67.3 Å². The van der Waals surface area contributed by atoms with E-state index in [0.717, 1.165) is 25.1 Å². The maximum atomic E-state index is 12.6. The smallest absolute Gasteiger partial charge is 0.261 e. The van der Waals surface area contributed by atoms with Crippen LogP contribution in [0, 0.1) is 6.92 Å². The van der Waals surface area contributed by atoms with Crippen molar-refractivity contribution in [2.24, 2.45) is 0 Å². The van der Waals surface area contributed by atoms with E-state index in [-0.39, 0.29) is 11.9 Å². The summed E-state index contributed by atoms with van der Waals surface area (Å²) >= 11 is 0. The number of anilines is 1. The van der Waals surface area contributed by atoms with Crippen LogP contribution in [0.25, 0.3) is 0 Å².